The fourth-order valence-corrected chi connectivity index (χ4v) is 5.04. The Labute approximate surface area is 188 Å². The first-order valence-electron chi connectivity index (χ1n) is 10.4. The van der Waals surface area contributed by atoms with Crippen LogP contribution in [0.5, 0.6) is 0 Å². The summed E-state index contributed by atoms with van der Waals surface area (Å²) in [4.78, 5) is 15.3. The van der Waals surface area contributed by atoms with E-state index < -0.39 is 0 Å². The fraction of sp³-hybridized carbons (Fsp3) is 0.320. The molecule has 1 aliphatic rings. The number of carbonyl (C=O) groups is 1. The first-order chi connectivity index (χ1) is 14.7. The van der Waals surface area contributed by atoms with Crippen LogP contribution in [0.25, 0.3) is 11.4 Å². The van der Waals surface area contributed by atoms with Gasteiger partial charge in [0.2, 0.25) is 0 Å². The van der Waals surface area contributed by atoms with Gasteiger partial charge in [0.05, 0.1) is 5.25 Å². The van der Waals surface area contributed by atoms with Crippen LogP contribution >= 0.6 is 11.8 Å². The standard InChI is InChI=1S/C25H28N4OS/c1-16-11-7-8-12-18(16)23-26-27-24(29(23)6)31-17(2)21(30)15-22-25(3,4)19-13-9-10-14-20(19)28(22)5/h7-15,17H,1-6H3/b22-15-. The van der Waals surface area contributed by atoms with Gasteiger partial charge in [0.1, 0.15) is 0 Å². The number of aryl methyl sites for hydroxylation is 1. The van der Waals surface area contributed by atoms with E-state index in [-0.39, 0.29) is 16.4 Å². The molecule has 31 heavy (non-hydrogen) atoms. The molecule has 3 aromatic rings. The number of para-hydroxylation sites is 1. The zero-order valence-corrected chi connectivity index (χ0v) is 19.7. The second-order valence-corrected chi connectivity index (χ2v) is 9.88. The average Bonchev–Trinajstić information content (AvgIpc) is 3.19. The SMILES string of the molecule is Cc1ccccc1-c1nnc(SC(C)C(=O)/C=C2\N(C)c3ccccc3C2(C)C)n1C. The number of anilines is 1. The molecule has 5 nitrogen and oxygen atoms in total. The second-order valence-electron chi connectivity index (χ2n) is 8.57. The Bertz CT molecular complexity index is 1180. The minimum atomic E-state index is -0.270. The van der Waals surface area contributed by atoms with Crippen molar-refractivity contribution in [1.29, 1.82) is 0 Å². The summed E-state index contributed by atoms with van der Waals surface area (Å²) in [6.07, 6.45) is 1.80. The lowest BCUT2D eigenvalue weighted by Crippen LogP contribution is -2.25. The molecular weight excluding hydrogens is 404 g/mol. The average molecular weight is 433 g/mol. The normalized spacial score (nSPS) is 17.1. The molecule has 160 valence electrons. The highest BCUT2D eigenvalue weighted by molar-refractivity contribution is 8.00. The minimum absolute atomic E-state index is 0.0770. The molecule has 1 aromatic heterocycles. The first kappa shape index (κ1) is 21.4. The predicted octanol–water partition coefficient (Wildman–Crippen LogP) is 5.15. The van der Waals surface area contributed by atoms with E-state index in [0.29, 0.717) is 0 Å². The molecule has 4 rings (SSSR count). The van der Waals surface area contributed by atoms with Crippen LogP contribution in [0, 0.1) is 6.92 Å². The number of thioether (sulfide) groups is 1. The van der Waals surface area contributed by atoms with Crippen LogP contribution in [0.3, 0.4) is 0 Å². The maximum Gasteiger partial charge on any atom is 0.191 e. The molecule has 1 atom stereocenters. The van der Waals surface area contributed by atoms with Crippen LogP contribution in [0.4, 0.5) is 5.69 Å². The van der Waals surface area contributed by atoms with Crippen LogP contribution in [0.15, 0.2) is 65.5 Å². The maximum absolute atomic E-state index is 13.1. The summed E-state index contributed by atoms with van der Waals surface area (Å²) in [5, 5.41) is 9.20. The van der Waals surface area contributed by atoms with Crippen LogP contribution in [0.1, 0.15) is 31.9 Å². The molecule has 0 amide bonds. The monoisotopic (exact) mass is 432 g/mol. The Morgan fingerprint density at radius 1 is 1.06 bits per heavy atom. The van der Waals surface area contributed by atoms with Crippen molar-refractivity contribution in [2.24, 2.45) is 7.05 Å². The lowest BCUT2D eigenvalue weighted by atomic mass is 9.83. The summed E-state index contributed by atoms with van der Waals surface area (Å²) in [6, 6.07) is 16.5. The molecule has 0 N–H and O–H groups in total. The molecule has 1 unspecified atom stereocenters. The third-order valence-corrected chi connectivity index (χ3v) is 7.28. The number of fused-ring (bicyclic) bond motifs is 1. The number of nitrogens with zero attached hydrogens (tertiary/aromatic N) is 4. The van der Waals surface area contributed by atoms with Gasteiger partial charge < -0.3 is 9.47 Å². The summed E-state index contributed by atoms with van der Waals surface area (Å²) in [5.41, 5.74) is 5.40. The number of benzene rings is 2. The molecular formula is C25H28N4OS. The molecule has 0 radical (unpaired) electrons. The lowest BCUT2D eigenvalue weighted by molar-refractivity contribution is -0.114. The van der Waals surface area contributed by atoms with E-state index in [1.165, 1.54) is 17.3 Å². The van der Waals surface area contributed by atoms with Crippen molar-refractivity contribution >= 4 is 23.2 Å². The molecule has 0 spiro atoms. The van der Waals surface area contributed by atoms with Gasteiger partial charge in [0.15, 0.2) is 16.8 Å². The van der Waals surface area contributed by atoms with Crippen molar-refractivity contribution in [2.45, 2.75) is 43.5 Å². The van der Waals surface area contributed by atoms with Gasteiger partial charge in [-0.1, -0.05) is 68.1 Å². The van der Waals surface area contributed by atoms with E-state index >= 15 is 0 Å². The van der Waals surface area contributed by atoms with Gasteiger partial charge in [-0.15, -0.1) is 10.2 Å². The third kappa shape index (κ3) is 3.69. The summed E-state index contributed by atoms with van der Waals surface area (Å²) in [5.74, 6) is 0.888. The van der Waals surface area contributed by atoms with Gasteiger partial charge in [-0.05, 0) is 31.0 Å². The number of hydrogen-bond acceptors (Lipinski definition) is 5. The zero-order valence-electron chi connectivity index (χ0n) is 18.9. The molecule has 2 heterocycles. The van der Waals surface area contributed by atoms with E-state index in [4.69, 9.17) is 0 Å². The van der Waals surface area contributed by atoms with E-state index in [2.05, 4.69) is 60.1 Å². The second kappa shape index (κ2) is 8.00. The van der Waals surface area contributed by atoms with Gasteiger partial charge in [-0.3, -0.25) is 4.79 Å². The molecule has 2 aromatic carbocycles. The number of hydrogen-bond donors (Lipinski definition) is 0. The van der Waals surface area contributed by atoms with E-state index in [0.717, 1.165) is 33.5 Å². The molecule has 0 fully saturated rings. The summed E-state index contributed by atoms with van der Waals surface area (Å²) >= 11 is 1.44. The number of rotatable bonds is 5. The van der Waals surface area contributed by atoms with Crippen molar-refractivity contribution in [1.82, 2.24) is 14.8 Å². The minimum Gasteiger partial charge on any atom is -0.347 e. The molecule has 0 bridgehead atoms. The Morgan fingerprint density at radius 2 is 1.74 bits per heavy atom. The lowest BCUT2D eigenvalue weighted by Gasteiger charge is -2.24. The first-order valence-corrected chi connectivity index (χ1v) is 11.3. The van der Waals surface area contributed by atoms with E-state index in [1.54, 1.807) is 6.08 Å². The van der Waals surface area contributed by atoms with Crippen molar-refractivity contribution < 1.29 is 4.79 Å². The Hall–Kier alpha value is -2.86. The quantitative estimate of drug-likeness (QED) is 0.412. The number of likely N-dealkylation sites (N-methyl/N-ethyl adjacent to an activating group) is 1. The Balaban J connectivity index is 1.56. The highest BCUT2D eigenvalue weighted by atomic mass is 32.2. The smallest absolute Gasteiger partial charge is 0.191 e. The van der Waals surface area contributed by atoms with Crippen molar-refractivity contribution in [3.05, 3.63) is 71.4 Å². The largest absolute Gasteiger partial charge is 0.347 e. The summed E-state index contributed by atoms with van der Waals surface area (Å²) < 4.78 is 1.96. The Kier molecular flexibility index (Phi) is 5.52. The van der Waals surface area contributed by atoms with Crippen molar-refractivity contribution in [3.8, 4) is 11.4 Å². The molecule has 0 aliphatic carbocycles. The van der Waals surface area contributed by atoms with Crippen molar-refractivity contribution in [2.75, 3.05) is 11.9 Å². The van der Waals surface area contributed by atoms with Crippen LogP contribution < -0.4 is 4.90 Å². The van der Waals surface area contributed by atoms with Gasteiger partial charge in [0, 0.05) is 42.5 Å². The van der Waals surface area contributed by atoms with Gasteiger partial charge in [-0.2, -0.15) is 0 Å². The fourth-order valence-electron chi connectivity index (χ4n) is 4.20. The van der Waals surface area contributed by atoms with E-state index in [9.17, 15) is 4.79 Å². The zero-order chi connectivity index (χ0) is 22.3. The predicted molar refractivity (Wildman–Crippen MR) is 127 cm³/mol. The number of carbonyl (C=O) groups excluding carboxylic acids is 1. The van der Waals surface area contributed by atoms with Gasteiger partial charge >= 0.3 is 0 Å². The van der Waals surface area contributed by atoms with Crippen molar-refractivity contribution in [3.63, 3.8) is 0 Å². The summed E-state index contributed by atoms with van der Waals surface area (Å²) in [6.45, 7) is 8.33. The van der Waals surface area contributed by atoms with Gasteiger partial charge in [0.25, 0.3) is 0 Å². The van der Waals surface area contributed by atoms with Crippen LogP contribution in [-0.4, -0.2) is 32.8 Å². The Morgan fingerprint density at radius 3 is 2.45 bits per heavy atom. The number of ketones is 1. The van der Waals surface area contributed by atoms with Crippen LogP contribution in [-0.2, 0) is 17.3 Å². The van der Waals surface area contributed by atoms with E-state index in [1.807, 2.05) is 49.9 Å². The highest BCUT2D eigenvalue weighted by Crippen LogP contribution is 2.46. The topological polar surface area (TPSA) is 51.0 Å². The highest BCUT2D eigenvalue weighted by Gasteiger charge is 2.38. The summed E-state index contributed by atoms with van der Waals surface area (Å²) in [7, 11) is 3.98. The molecule has 6 heteroatoms. The maximum atomic E-state index is 13.1. The number of aromatic nitrogens is 3. The third-order valence-electron chi connectivity index (χ3n) is 6.12. The molecule has 0 saturated heterocycles. The molecule has 1 aliphatic heterocycles. The molecule has 0 saturated carbocycles. The number of allylic oxidation sites excluding steroid dienone is 2. The van der Waals surface area contributed by atoms with Crippen LogP contribution in [0.2, 0.25) is 0 Å². The van der Waals surface area contributed by atoms with Gasteiger partial charge in [-0.25, -0.2) is 0 Å².